The van der Waals surface area contributed by atoms with Crippen molar-refractivity contribution in [1.82, 2.24) is 0 Å². The molecule has 2 fully saturated rings. The van der Waals surface area contributed by atoms with E-state index in [0.717, 1.165) is 38.5 Å². The van der Waals surface area contributed by atoms with Gasteiger partial charge in [-0.25, -0.2) is 4.39 Å². The fourth-order valence-corrected chi connectivity index (χ4v) is 4.06. The van der Waals surface area contributed by atoms with Gasteiger partial charge >= 0.3 is 7.12 Å². The Hall–Kier alpha value is -1.13. The lowest BCUT2D eigenvalue weighted by atomic mass is 9.68. The second-order valence-corrected chi connectivity index (χ2v) is 9.20. The third-order valence-corrected chi connectivity index (χ3v) is 6.60. The minimum Gasteiger partial charge on any atom is -0.403 e. The van der Waals surface area contributed by atoms with E-state index < -0.39 is 18.3 Å². The van der Waals surface area contributed by atoms with Crippen LogP contribution >= 0.6 is 0 Å². The molecule has 0 aromatic heterocycles. The number of allylic oxidation sites excluding steroid dienone is 2. The summed E-state index contributed by atoms with van der Waals surface area (Å²) in [4.78, 5) is 0. The standard InChI is InChI=1S/C23H34BFO2/c1-22(2)23(3,4)27-24(26-22)20(16-15-18-11-7-5-8-12-18)17-21(25)19-13-9-6-10-14-19/h5,7-8,11-12,17,19-20H,6,9-10,13-16H2,1-4H3/b21-17-/t20-/m0/s1. The Bertz CT molecular complexity index is 619. The Balaban J connectivity index is 1.76. The molecule has 1 aliphatic heterocycles. The molecule has 0 spiro atoms. The molecule has 0 bridgehead atoms. The van der Waals surface area contributed by atoms with Crippen LogP contribution in [0.3, 0.4) is 0 Å². The Morgan fingerprint density at radius 3 is 2.26 bits per heavy atom. The van der Waals surface area contributed by atoms with E-state index in [9.17, 15) is 0 Å². The van der Waals surface area contributed by atoms with Crippen molar-refractivity contribution in [3.8, 4) is 0 Å². The van der Waals surface area contributed by atoms with Gasteiger partial charge in [0.15, 0.2) is 0 Å². The number of halogens is 1. The van der Waals surface area contributed by atoms with Crippen LogP contribution in [0.4, 0.5) is 4.39 Å². The molecule has 1 atom stereocenters. The lowest BCUT2D eigenvalue weighted by Gasteiger charge is -2.32. The molecule has 3 rings (SSSR count). The van der Waals surface area contributed by atoms with Crippen LogP contribution in [0.15, 0.2) is 42.2 Å². The third kappa shape index (κ3) is 5.03. The summed E-state index contributed by atoms with van der Waals surface area (Å²) in [5.74, 6) is 0.0519. The lowest BCUT2D eigenvalue weighted by molar-refractivity contribution is 0.00578. The van der Waals surface area contributed by atoms with Gasteiger partial charge in [-0.05, 0) is 58.9 Å². The normalized spacial score (nSPS) is 24.2. The number of rotatable bonds is 6. The monoisotopic (exact) mass is 372 g/mol. The summed E-state index contributed by atoms with van der Waals surface area (Å²) >= 11 is 0. The topological polar surface area (TPSA) is 18.5 Å². The molecule has 0 radical (unpaired) electrons. The van der Waals surface area contributed by atoms with E-state index in [1.807, 2.05) is 12.1 Å². The summed E-state index contributed by atoms with van der Waals surface area (Å²) in [6, 6.07) is 10.4. The molecule has 1 saturated carbocycles. The second kappa shape index (κ2) is 8.49. The van der Waals surface area contributed by atoms with Crippen LogP contribution in [0.1, 0.15) is 71.8 Å². The van der Waals surface area contributed by atoms with Crippen LogP contribution in [-0.2, 0) is 15.7 Å². The number of aryl methyl sites for hydroxylation is 1. The highest BCUT2D eigenvalue weighted by molar-refractivity contribution is 6.48. The molecule has 0 N–H and O–H groups in total. The van der Waals surface area contributed by atoms with Crippen molar-refractivity contribution in [2.45, 2.75) is 89.7 Å². The van der Waals surface area contributed by atoms with Crippen LogP contribution in [-0.4, -0.2) is 18.3 Å². The van der Waals surface area contributed by atoms with Crippen LogP contribution in [0.25, 0.3) is 0 Å². The van der Waals surface area contributed by atoms with Crippen LogP contribution in [0.5, 0.6) is 0 Å². The fourth-order valence-electron chi connectivity index (χ4n) is 4.06. The molecule has 1 aliphatic carbocycles. The van der Waals surface area contributed by atoms with Gasteiger partial charge in [-0.15, -0.1) is 0 Å². The van der Waals surface area contributed by atoms with Crippen LogP contribution in [0.2, 0.25) is 5.82 Å². The summed E-state index contributed by atoms with van der Waals surface area (Å²) in [5.41, 5.74) is 0.487. The average molecular weight is 372 g/mol. The first-order valence-corrected chi connectivity index (χ1v) is 10.6. The van der Waals surface area contributed by atoms with Gasteiger partial charge in [-0.3, -0.25) is 0 Å². The highest BCUT2D eigenvalue weighted by Crippen LogP contribution is 2.42. The van der Waals surface area contributed by atoms with Gasteiger partial charge in [-0.2, -0.15) is 0 Å². The number of benzene rings is 1. The first kappa shape index (κ1) is 20.6. The van der Waals surface area contributed by atoms with Crippen molar-refractivity contribution in [3.05, 3.63) is 47.8 Å². The number of hydrogen-bond acceptors (Lipinski definition) is 2. The average Bonchev–Trinajstić information content (AvgIpc) is 2.87. The Labute approximate surface area is 164 Å². The maximum absolute atomic E-state index is 15.1. The van der Waals surface area contributed by atoms with Crippen molar-refractivity contribution in [1.29, 1.82) is 0 Å². The second-order valence-electron chi connectivity index (χ2n) is 9.20. The molecule has 0 amide bonds. The molecule has 2 nitrogen and oxygen atoms in total. The molecule has 1 heterocycles. The lowest BCUT2D eigenvalue weighted by Crippen LogP contribution is -2.41. The van der Waals surface area contributed by atoms with Crippen molar-refractivity contribution in [3.63, 3.8) is 0 Å². The summed E-state index contributed by atoms with van der Waals surface area (Å²) < 4.78 is 27.6. The van der Waals surface area contributed by atoms with Gasteiger partial charge in [0.05, 0.1) is 17.0 Å². The maximum atomic E-state index is 15.1. The van der Waals surface area contributed by atoms with Crippen molar-refractivity contribution < 1.29 is 13.7 Å². The van der Waals surface area contributed by atoms with Crippen molar-refractivity contribution in [2.75, 3.05) is 0 Å². The van der Waals surface area contributed by atoms with Gasteiger partial charge in [0, 0.05) is 11.7 Å². The molecule has 1 saturated heterocycles. The van der Waals surface area contributed by atoms with E-state index in [4.69, 9.17) is 9.31 Å². The van der Waals surface area contributed by atoms with Gasteiger partial charge < -0.3 is 9.31 Å². The molecule has 148 valence electrons. The van der Waals surface area contributed by atoms with E-state index >= 15 is 4.39 Å². The molecule has 27 heavy (non-hydrogen) atoms. The van der Waals surface area contributed by atoms with Crippen LogP contribution in [0, 0.1) is 5.92 Å². The van der Waals surface area contributed by atoms with E-state index in [1.54, 1.807) is 0 Å². The third-order valence-electron chi connectivity index (χ3n) is 6.60. The van der Waals surface area contributed by atoms with Crippen molar-refractivity contribution in [2.24, 2.45) is 5.92 Å². The predicted molar refractivity (Wildman–Crippen MR) is 110 cm³/mol. The van der Waals surface area contributed by atoms with E-state index in [1.165, 1.54) is 12.0 Å². The quantitative estimate of drug-likeness (QED) is 0.530. The molecule has 4 heteroatoms. The fraction of sp³-hybridized carbons (Fsp3) is 0.652. The zero-order valence-electron chi connectivity index (χ0n) is 17.3. The molecular formula is C23H34BFO2. The zero-order valence-corrected chi connectivity index (χ0v) is 17.3. The zero-order chi connectivity index (χ0) is 19.5. The van der Waals surface area contributed by atoms with Gasteiger partial charge in [0.25, 0.3) is 0 Å². The minimum atomic E-state index is -0.395. The largest absolute Gasteiger partial charge is 0.465 e. The predicted octanol–water partition coefficient (Wildman–Crippen LogP) is 6.52. The Kier molecular flexibility index (Phi) is 6.48. The first-order chi connectivity index (χ1) is 12.8. The smallest absolute Gasteiger partial charge is 0.403 e. The number of hydrogen-bond donors (Lipinski definition) is 0. The summed E-state index contributed by atoms with van der Waals surface area (Å²) in [6.45, 7) is 8.23. The van der Waals surface area contributed by atoms with Gasteiger partial charge in [-0.1, -0.05) is 55.7 Å². The highest BCUT2D eigenvalue weighted by Gasteiger charge is 2.53. The van der Waals surface area contributed by atoms with Crippen molar-refractivity contribution >= 4 is 7.12 Å². The first-order valence-electron chi connectivity index (χ1n) is 10.6. The maximum Gasteiger partial charge on any atom is 0.465 e. The summed E-state index contributed by atoms with van der Waals surface area (Å²) in [6.07, 6.45) is 8.98. The molecule has 0 unspecified atom stereocenters. The molecule has 1 aromatic rings. The van der Waals surface area contributed by atoms with E-state index in [0.29, 0.717) is 0 Å². The van der Waals surface area contributed by atoms with E-state index in [-0.39, 0.29) is 17.6 Å². The minimum absolute atomic E-state index is 0.0440. The Morgan fingerprint density at radius 1 is 1.07 bits per heavy atom. The van der Waals surface area contributed by atoms with Gasteiger partial charge in [0.2, 0.25) is 0 Å². The summed E-state index contributed by atoms with van der Waals surface area (Å²) in [5, 5.41) is 0. The SMILES string of the molecule is CC1(C)OB([C@H](/C=C(\F)C2CCCCC2)CCc2ccccc2)OC1(C)C. The highest BCUT2D eigenvalue weighted by atomic mass is 19.1. The molecular weight excluding hydrogens is 338 g/mol. The summed E-state index contributed by atoms with van der Waals surface area (Å²) in [7, 11) is -0.395. The van der Waals surface area contributed by atoms with Crippen LogP contribution < -0.4 is 0 Å². The molecule has 2 aliphatic rings. The van der Waals surface area contributed by atoms with E-state index in [2.05, 4.69) is 52.0 Å². The molecule has 1 aromatic carbocycles. The Morgan fingerprint density at radius 2 is 1.67 bits per heavy atom. The van der Waals surface area contributed by atoms with Gasteiger partial charge in [0.1, 0.15) is 0 Å².